The fourth-order valence-corrected chi connectivity index (χ4v) is 3.05. The van der Waals surface area contributed by atoms with Gasteiger partial charge in [0.05, 0.1) is 5.54 Å². The maximum absolute atomic E-state index is 12.8. The van der Waals surface area contributed by atoms with E-state index in [1.165, 1.54) is 25.7 Å². The van der Waals surface area contributed by atoms with E-state index in [2.05, 4.69) is 10.2 Å². The molecule has 0 spiro atoms. The van der Waals surface area contributed by atoms with E-state index in [0.29, 0.717) is 0 Å². The number of carbonyl (C=O) groups excluding carboxylic acids is 1. The third-order valence-electron chi connectivity index (χ3n) is 4.67. The molecular weight excluding hydrogens is 260 g/mol. The summed E-state index contributed by atoms with van der Waals surface area (Å²) >= 11 is 0. The highest BCUT2D eigenvalue weighted by Crippen LogP contribution is 2.25. The van der Waals surface area contributed by atoms with Gasteiger partial charge >= 0.3 is 0 Å². The van der Waals surface area contributed by atoms with Crippen LogP contribution in [0.25, 0.3) is 0 Å². The highest BCUT2D eigenvalue weighted by atomic mass is 16.2. The summed E-state index contributed by atoms with van der Waals surface area (Å²) in [6.07, 6.45) is 4.95. The highest BCUT2D eigenvalue weighted by Gasteiger charge is 2.34. The Morgan fingerprint density at radius 3 is 2.10 bits per heavy atom. The number of amides is 1. The lowest BCUT2D eigenvalue weighted by atomic mass is 9.99. The second-order valence-corrected chi connectivity index (χ2v) is 6.68. The largest absolute Gasteiger partial charge is 0.324 e. The van der Waals surface area contributed by atoms with E-state index in [1.807, 2.05) is 45.9 Å². The first-order valence-electron chi connectivity index (χ1n) is 8.05. The van der Waals surface area contributed by atoms with Crippen molar-refractivity contribution in [2.45, 2.75) is 58.9 Å². The third-order valence-corrected chi connectivity index (χ3v) is 4.67. The molecule has 0 bridgehead atoms. The first-order valence-corrected chi connectivity index (χ1v) is 8.05. The Bertz CT molecular complexity index is 480. The predicted octanol–water partition coefficient (Wildman–Crippen LogP) is 3.90. The number of aryl methyl sites for hydroxylation is 2. The summed E-state index contributed by atoms with van der Waals surface area (Å²) in [7, 11) is 0. The molecule has 1 aromatic carbocycles. The van der Waals surface area contributed by atoms with Gasteiger partial charge in [0.15, 0.2) is 0 Å². The van der Waals surface area contributed by atoms with Crippen LogP contribution in [0, 0.1) is 13.8 Å². The smallest absolute Gasteiger partial charge is 0.244 e. The lowest BCUT2D eigenvalue weighted by Gasteiger charge is -2.36. The van der Waals surface area contributed by atoms with E-state index in [1.54, 1.807) is 0 Å². The van der Waals surface area contributed by atoms with Crippen LogP contribution < -0.4 is 5.32 Å². The monoisotopic (exact) mass is 288 g/mol. The molecule has 0 saturated carbocycles. The molecule has 1 heterocycles. The number of anilines is 1. The molecular formula is C18H28N2O. The molecule has 1 amide bonds. The second kappa shape index (κ2) is 6.61. The molecule has 2 rings (SSSR count). The molecule has 0 atom stereocenters. The zero-order valence-electron chi connectivity index (χ0n) is 13.8. The zero-order valence-corrected chi connectivity index (χ0v) is 13.8. The topological polar surface area (TPSA) is 32.3 Å². The first kappa shape index (κ1) is 16.0. The number of para-hydroxylation sites is 1. The van der Waals surface area contributed by atoms with Crippen LogP contribution in [-0.4, -0.2) is 29.4 Å². The van der Waals surface area contributed by atoms with Crippen LogP contribution in [0.1, 0.15) is 50.7 Å². The van der Waals surface area contributed by atoms with Crippen molar-refractivity contribution in [3.8, 4) is 0 Å². The van der Waals surface area contributed by atoms with Crippen LogP contribution in [0.15, 0.2) is 18.2 Å². The van der Waals surface area contributed by atoms with E-state index in [0.717, 1.165) is 29.9 Å². The molecule has 0 aromatic heterocycles. The van der Waals surface area contributed by atoms with Crippen LogP contribution in [-0.2, 0) is 4.79 Å². The minimum atomic E-state index is -0.459. The quantitative estimate of drug-likeness (QED) is 0.915. The van der Waals surface area contributed by atoms with Gasteiger partial charge in [-0.2, -0.15) is 0 Å². The Labute approximate surface area is 128 Å². The van der Waals surface area contributed by atoms with E-state index in [-0.39, 0.29) is 5.91 Å². The summed E-state index contributed by atoms with van der Waals surface area (Å²) < 4.78 is 0. The van der Waals surface area contributed by atoms with Crippen molar-refractivity contribution < 1.29 is 4.79 Å². The van der Waals surface area contributed by atoms with Crippen molar-refractivity contribution in [1.82, 2.24) is 4.90 Å². The number of benzene rings is 1. The summed E-state index contributed by atoms with van der Waals surface area (Å²) in [5, 5.41) is 3.16. The average Bonchev–Trinajstić information content (AvgIpc) is 2.72. The van der Waals surface area contributed by atoms with Gasteiger partial charge in [-0.3, -0.25) is 9.69 Å². The molecule has 21 heavy (non-hydrogen) atoms. The Morgan fingerprint density at radius 1 is 1.05 bits per heavy atom. The zero-order chi connectivity index (χ0) is 15.5. The summed E-state index contributed by atoms with van der Waals surface area (Å²) in [5.74, 6) is 0.0989. The molecule has 0 radical (unpaired) electrons. The summed E-state index contributed by atoms with van der Waals surface area (Å²) in [6, 6.07) is 6.11. The molecule has 3 nitrogen and oxygen atoms in total. The van der Waals surface area contributed by atoms with Gasteiger partial charge < -0.3 is 5.32 Å². The highest BCUT2D eigenvalue weighted by molar-refractivity contribution is 5.98. The number of likely N-dealkylation sites (tertiary alicyclic amines) is 1. The lowest BCUT2D eigenvalue weighted by molar-refractivity contribution is -0.126. The van der Waals surface area contributed by atoms with Gasteiger partial charge in [-0.05, 0) is 64.8 Å². The number of nitrogens with zero attached hydrogens (tertiary/aromatic N) is 1. The van der Waals surface area contributed by atoms with E-state index in [9.17, 15) is 4.79 Å². The predicted molar refractivity (Wildman–Crippen MR) is 88.7 cm³/mol. The van der Waals surface area contributed by atoms with Crippen molar-refractivity contribution in [1.29, 1.82) is 0 Å². The van der Waals surface area contributed by atoms with Gasteiger partial charge in [0.2, 0.25) is 5.91 Å². The summed E-state index contributed by atoms with van der Waals surface area (Å²) in [6.45, 7) is 10.2. The first-order chi connectivity index (χ1) is 9.93. The second-order valence-electron chi connectivity index (χ2n) is 6.68. The fraction of sp³-hybridized carbons (Fsp3) is 0.611. The number of carbonyl (C=O) groups is 1. The fourth-order valence-electron chi connectivity index (χ4n) is 3.05. The minimum Gasteiger partial charge on any atom is -0.324 e. The molecule has 0 aliphatic carbocycles. The maximum Gasteiger partial charge on any atom is 0.244 e. The summed E-state index contributed by atoms with van der Waals surface area (Å²) in [4.78, 5) is 15.1. The average molecular weight is 288 g/mol. The standard InChI is InChI=1S/C18H28N2O/c1-14-10-9-11-15(2)16(14)19-17(21)18(3,4)20-12-7-5-6-8-13-20/h9-11H,5-8,12-13H2,1-4H3,(H,19,21). The molecule has 1 saturated heterocycles. The van der Waals surface area contributed by atoms with Crippen molar-refractivity contribution in [3.63, 3.8) is 0 Å². The summed E-state index contributed by atoms with van der Waals surface area (Å²) in [5.41, 5.74) is 2.74. The molecule has 1 N–H and O–H groups in total. The van der Waals surface area contributed by atoms with E-state index < -0.39 is 5.54 Å². The molecule has 3 heteroatoms. The molecule has 116 valence electrons. The van der Waals surface area contributed by atoms with Gasteiger partial charge in [0.25, 0.3) is 0 Å². The third kappa shape index (κ3) is 3.65. The molecule has 1 aliphatic heterocycles. The van der Waals surface area contributed by atoms with E-state index in [4.69, 9.17) is 0 Å². The Kier molecular flexibility index (Phi) is 5.04. The van der Waals surface area contributed by atoms with Gasteiger partial charge in [0, 0.05) is 5.69 Å². The van der Waals surface area contributed by atoms with Gasteiger partial charge in [-0.25, -0.2) is 0 Å². The molecule has 1 aliphatic rings. The number of nitrogens with one attached hydrogen (secondary N) is 1. The maximum atomic E-state index is 12.8. The van der Waals surface area contributed by atoms with Crippen molar-refractivity contribution in [3.05, 3.63) is 29.3 Å². The van der Waals surface area contributed by atoms with Crippen molar-refractivity contribution in [2.75, 3.05) is 18.4 Å². The van der Waals surface area contributed by atoms with Gasteiger partial charge in [-0.15, -0.1) is 0 Å². The molecule has 0 unspecified atom stereocenters. The minimum absolute atomic E-state index is 0.0989. The van der Waals surface area contributed by atoms with Crippen molar-refractivity contribution in [2.24, 2.45) is 0 Å². The molecule has 1 aromatic rings. The SMILES string of the molecule is Cc1cccc(C)c1NC(=O)C(C)(C)N1CCCCCC1. The normalized spacial score (nSPS) is 17.3. The van der Waals surface area contributed by atoms with Crippen LogP contribution in [0.5, 0.6) is 0 Å². The van der Waals surface area contributed by atoms with E-state index >= 15 is 0 Å². The van der Waals surface area contributed by atoms with Gasteiger partial charge in [-0.1, -0.05) is 31.0 Å². The van der Waals surface area contributed by atoms with Crippen LogP contribution in [0.3, 0.4) is 0 Å². The van der Waals surface area contributed by atoms with Gasteiger partial charge in [0.1, 0.15) is 0 Å². The van der Waals surface area contributed by atoms with Crippen LogP contribution in [0.2, 0.25) is 0 Å². The Hall–Kier alpha value is -1.35. The van der Waals surface area contributed by atoms with Crippen LogP contribution >= 0.6 is 0 Å². The van der Waals surface area contributed by atoms with Crippen molar-refractivity contribution >= 4 is 11.6 Å². The Morgan fingerprint density at radius 2 is 1.57 bits per heavy atom. The Balaban J connectivity index is 2.14. The lowest BCUT2D eigenvalue weighted by Crippen LogP contribution is -2.53. The number of rotatable bonds is 3. The molecule has 1 fully saturated rings. The number of hydrogen-bond acceptors (Lipinski definition) is 2. The number of hydrogen-bond donors (Lipinski definition) is 1. The van der Waals surface area contributed by atoms with Crippen LogP contribution in [0.4, 0.5) is 5.69 Å².